The van der Waals surface area contributed by atoms with E-state index < -0.39 is 0 Å². The van der Waals surface area contributed by atoms with Crippen LogP contribution < -0.4 is 0 Å². The van der Waals surface area contributed by atoms with E-state index in [1.165, 1.54) is 30.0 Å². The third kappa shape index (κ3) is 1.48. The molecule has 0 nitrogen and oxygen atoms in total. The summed E-state index contributed by atoms with van der Waals surface area (Å²) in [5.74, 6) is 1.31. The van der Waals surface area contributed by atoms with Crippen LogP contribution in [-0.2, 0) is 0 Å². The molecule has 1 aliphatic carbocycles. The maximum atomic E-state index is 12.5. The van der Waals surface area contributed by atoms with Crippen molar-refractivity contribution in [2.24, 2.45) is 0 Å². The summed E-state index contributed by atoms with van der Waals surface area (Å²) >= 11 is 1.87. The molecular formula is C10H10FS. The quantitative estimate of drug-likeness (QED) is 0.676. The zero-order valence-electron chi connectivity index (χ0n) is 6.88. The maximum absolute atomic E-state index is 12.5. The molecule has 2 heteroatoms. The minimum absolute atomic E-state index is 0.152. The normalized spacial score (nSPS) is 22.7. The largest absolute Gasteiger partial charge is 0.207 e. The summed E-state index contributed by atoms with van der Waals surface area (Å²) < 4.78 is 12.5. The van der Waals surface area contributed by atoms with E-state index in [-0.39, 0.29) is 5.82 Å². The molecule has 1 aromatic rings. The van der Waals surface area contributed by atoms with Crippen LogP contribution in [0.2, 0.25) is 0 Å². The number of benzene rings is 1. The summed E-state index contributed by atoms with van der Waals surface area (Å²) in [5, 5.41) is 0.690. The van der Waals surface area contributed by atoms with Crippen LogP contribution in [0.3, 0.4) is 0 Å². The fourth-order valence-electron chi connectivity index (χ4n) is 1.33. The van der Waals surface area contributed by atoms with Gasteiger partial charge in [0.2, 0.25) is 0 Å². The summed E-state index contributed by atoms with van der Waals surface area (Å²) in [7, 11) is 0. The van der Waals surface area contributed by atoms with Crippen LogP contribution in [0.5, 0.6) is 0 Å². The first-order chi connectivity index (χ1) is 5.81. The molecule has 1 radical (unpaired) electrons. The average Bonchev–Trinajstić information content (AvgIpc) is 2.85. The molecule has 0 aliphatic heterocycles. The highest BCUT2D eigenvalue weighted by molar-refractivity contribution is 7.99. The minimum atomic E-state index is -0.152. The molecule has 0 heterocycles. The van der Waals surface area contributed by atoms with Crippen LogP contribution in [0.25, 0.3) is 0 Å². The van der Waals surface area contributed by atoms with E-state index in [9.17, 15) is 4.39 Å². The smallest absolute Gasteiger partial charge is 0.123 e. The predicted molar refractivity (Wildman–Crippen MR) is 50.7 cm³/mol. The summed E-state index contributed by atoms with van der Waals surface area (Å²) in [6.45, 7) is 0. The molecule has 1 unspecified atom stereocenters. The molecule has 0 spiro atoms. The lowest BCUT2D eigenvalue weighted by atomic mass is 10.1. The fourth-order valence-corrected chi connectivity index (χ4v) is 2.10. The molecule has 1 fully saturated rings. The average molecular weight is 181 g/mol. The Morgan fingerprint density at radius 1 is 1.33 bits per heavy atom. The van der Waals surface area contributed by atoms with Crippen LogP contribution in [0.4, 0.5) is 4.39 Å². The molecule has 12 heavy (non-hydrogen) atoms. The number of hydrogen-bond donors (Lipinski definition) is 0. The Morgan fingerprint density at radius 3 is 2.50 bits per heavy atom. The second-order valence-electron chi connectivity index (χ2n) is 2.96. The molecule has 0 amide bonds. The molecule has 1 atom stereocenters. The lowest BCUT2D eigenvalue weighted by molar-refractivity contribution is 0.627. The first-order valence-electron chi connectivity index (χ1n) is 3.95. The van der Waals surface area contributed by atoms with E-state index in [0.717, 1.165) is 0 Å². The first-order valence-corrected chi connectivity index (χ1v) is 5.24. The maximum Gasteiger partial charge on any atom is 0.123 e. The molecule has 0 bridgehead atoms. The lowest BCUT2D eigenvalue weighted by Crippen LogP contribution is -1.84. The number of halogens is 1. The van der Waals surface area contributed by atoms with Gasteiger partial charge in [-0.05, 0) is 30.4 Å². The Hall–Kier alpha value is -0.500. The molecule has 0 N–H and O–H groups in total. The van der Waals surface area contributed by atoms with Crippen LogP contribution >= 0.6 is 11.8 Å². The minimum Gasteiger partial charge on any atom is -0.207 e. The van der Waals surface area contributed by atoms with Gasteiger partial charge in [0.25, 0.3) is 0 Å². The van der Waals surface area contributed by atoms with Gasteiger partial charge in [-0.3, -0.25) is 0 Å². The molecular weight excluding hydrogens is 171 g/mol. The second kappa shape index (κ2) is 3.09. The molecule has 0 saturated heterocycles. The topological polar surface area (TPSA) is 0 Å². The van der Waals surface area contributed by atoms with Gasteiger partial charge < -0.3 is 0 Å². The van der Waals surface area contributed by atoms with Crippen molar-refractivity contribution in [3.05, 3.63) is 41.6 Å². The zero-order valence-corrected chi connectivity index (χ0v) is 7.70. The van der Waals surface area contributed by atoms with Gasteiger partial charge in [-0.1, -0.05) is 12.1 Å². The SMILES string of the molecule is CSC1C[C]1c1ccc(F)cc1. The van der Waals surface area contributed by atoms with E-state index >= 15 is 0 Å². The van der Waals surface area contributed by atoms with Crippen LogP contribution in [0.15, 0.2) is 24.3 Å². The molecule has 0 aromatic heterocycles. The van der Waals surface area contributed by atoms with Gasteiger partial charge in [0.1, 0.15) is 5.82 Å². The third-order valence-electron chi connectivity index (χ3n) is 2.13. The van der Waals surface area contributed by atoms with Gasteiger partial charge >= 0.3 is 0 Å². The van der Waals surface area contributed by atoms with E-state index in [1.807, 2.05) is 23.9 Å². The van der Waals surface area contributed by atoms with Gasteiger partial charge in [-0.2, -0.15) is 11.8 Å². The number of thioether (sulfide) groups is 1. The van der Waals surface area contributed by atoms with Gasteiger partial charge in [0, 0.05) is 11.2 Å². The molecule has 2 rings (SSSR count). The molecule has 63 valence electrons. The highest BCUT2D eigenvalue weighted by Crippen LogP contribution is 2.47. The molecule has 1 aliphatic rings. The van der Waals surface area contributed by atoms with Crippen molar-refractivity contribution in [2.45, 2.75) is 11.7 Å². The zero-order chi connectivity index (χ0) is 8.55. The van der Waals surface area contributed by atoms with E-state index in [0.29, 0.717) is 5.25 Å². The van der Waals surface area contributed by atoms with Crippen molar-refractivity contribution in [3.63, 3.8) is 0 Å². The third-order valence-corrected chi connectivity index (χ3v) is 3.15. The highest BCUT2D eigenvalue weighted by Gasteiger charge is 2.38. The van der Waals surface area contributed by atoms with E-state index in [2.05, 4.69) is 6.26 Å². The first kappa shape index (κ1) is 8.11. The monoisotopic (exact) mass is 181 g/mol. The van der Waals surface area contributed by atoms with Gasteiger partial charge in [-0.25, -0.2) is 4.39 Å². The summed E-state index contributed by atoms with van der Waals surface area (Å²) in [5.41, 5.74) is 1.20. The van der Waals surface area contributed by atoms with Crippen molar-refractivity contribution in [1.29, 1.82) is 0 Å². The van der Waals surface area contributed by atoms with Crippen LogP contribution in [0.1, 0.15) is 12.0 Å². The Bertz CT molecular complexity index is 268. The van der Waals surface area contributed by atoms with Crippen molar-refractivity contribution < 1.29 is 4.39 Å². The van der Waals surface area contributed by atoms with Crippen molar-refractivity contribution in [1.82, 2.24) is 0 Å². The van der Waals surface area contributed by atoms with Crippen molar-refractivity contribution in [2.75, 3.05) is 6.26 Å². The van der Waals surface area contributed by atoms with Crippen molar-refractivity contribution in [3.8, 4) is 0 Å². The number of rotatable bonds is 2. The van der Waals surface area contributed by atoms with Crippen molar-refractivity contribution >= 4 is 11.8 Å². The van der Waals surface area contributed by atoms with E-state index in [1.54, 1.807) is 0 Å². The fraction of sp³-hybridized carbons (Fsp3) is 0.300. The Labute approximate surface area is 76.2 Å². The Kier molecular flexibility index (Phi) is 2.09. The summed E-state index contributed by atoms with van der Waals surface area (Å²) in [4.78, 5) is 0. The highest BCUT2D eigenvalue weighted by atomic mass is 32.2. The van der Waals surface area contributed by atoms with Gasteiger partial charge in [0.15, 0.2) is 0 Å². The van der Waals surface area contributed by atoms with Crippen LogP contribution in [0, 0.1) is 11.7 Å². The molecule has 1 aromatic carbocycles. The van der Waals surface area contributed by atoms with Gasteiger partial charge in [0.05, 0.1) is 0 Å². The number of hydrogen-bond acceptors (Lipinski definition) is 1. The Balaban J connectivity index is 2.10. The lowest BCUT2D eigenvalue weighted by Gasteiger charge is -1.96. The summed E-state index contributed by atoms with van der Waals surface area (Å²) in [6, 6.07) is 6.78. The summed E-state index contributed by atoms with van der Waals surface area (Å²) in [6.07, 6.45) is 3.29. The van der Waals surface area contributed by atoms with E-state index in [4.69, 9.17) is 0 Å². The standard InChI is InChI=1S/C10H10FS/c1-12-10-6-9(10)7-2-4-8(11)5-3-7/h2-5,10H,6H2,1H3. The van der Waals surface area contributed by atoms with Gasteiger partial charge in [-0.15, -0.1) is 0 Å². The molecule has 1 saturated carbocycles. The second-order valence-corrected chi connectivity index (χ2v) is 4.00. The Morgan fingerprint density at radius 2 is 2.00 bits per heavy atom. The predicted octanol–water partition coefficient (Wildman–Crippen LogP) is 2.88. The van der Waals surface area contributed by atoms with Crippen LogP contribution in [-0.4, -0.2) is 11.5 Å².